The number of ether oxygens (including phenoxy) is 2. The van der Waals surface area contributed by atoms with Gasteiger partial charge in [0.1, 0.15) is 0 Å². The van der Waals surface area contributed by atoms with Crippen LogP contribution in [-0.2, 0) is 11.3 Å². The van der Waals surface area contributed by atoms with Crippen LogP contribution in [-0.4, -0.2) is 37.7 Å². The summed E-state index contributed by atoms with van der Waals surface area (Å²) in [5, 5.41) is 3.02. The normalized spacial score (nSPS) is 19.1. The molecule has 2 aliphatic rings. The number of nitrogens with zero attached hydrogens (tertiary/aromatic N) is 1. The molecule has 3 rings (SSSR count). The van der Waals surface area contributed by atoms with Crippen LogP contribution in [0.25, 0.3) is 0 Å². The van der Waals surface area contributed by atoms with Crippen LogP contribution >= 0.6 is 0 Å². The van der Waals surface area contributed by atoms with Crippen molar-refractivity contribution in [3.63, 3.8) is 0 Å². The molecule has 1 saturated heterocycles. The first kappa shape index (κ1) is 13.2. The Morgan fingerprint density at radius 2 is 2.05 bits per heavy atom. The maximum absolute atomic E-state index is 12.1. The molecule has 0 radical (unpaired) electrons. The van der Waals surface area contributed by atoms with Gasteiger partial charge in [0.15, 0.2) is 11.5 Å². The van der Waals surface area contributed by atoms with Crippen molar-refractivity contribution >= 4 is 5.91 Å². The standard InChI is InChI=1S/C15H20N2O3/c1-17-6-4-12(5-7-17)15(18)16-9-11-2-3-13-14(8-11)20-10-19-13/h2-3,8,12H,4-7,9-10H2,1H3,(H,16,18). The van der Waals surface area contributed by atoms with Crippen molar-refractivity contribution in [3.8, 4) is 11.5 Å². The topological polar surface area (TPSA) is 50.8 Å². The largest absolute Gasteiger partial charge is 0.454 e. The van der Waals surface area contributed by atoms with Gasteiger partial charge in [-0.3, -0.25) is 4.79 Å². The Morgan fingerprint density at radius 3 is 2.85 bits per heavy atom. The summed E-state index contributed by atoms with van der Waals surface area (Å²) < 4.78 is 10.6. The molecule has 20 heavy (non-hydrogen) atoms. The third kappa shape index (κ3) is 2.88. The van der Waals surface area contributed by atoms with E-state index in [1.165, 1.54) is 0 Å². The quantitative estimate of drug-likeness (QED) is 0.906. The van der Waals surface area contributed by atoms with Crippen LogP contribution in [0.15, 0.2) is 18.2 Å². The van der Waals surface area contributed by atoms with E-state index in [2.05, 4.69) is 17.3 Å². The number of piperidine rings is 1. The van der Waals surface area contributed by atoms with Crippen molar-refractivity contribution in [2.24, 2.45) is 5.92 Å². The minimum atomic E-state index is 0.153. The lowest BCUT2D eigenvalue weighted by Crippen LogP contribution is -2.38. The number of carbonyl (C=O) groups is 1. The Hall–Kier alpha value is -1.75. The third-order valence-corrected chi connectivity index (χ3v) is 3.99. The second-order valence-electron chi connectivity index (χ2n) is 5.48. The number of benzene rings is 1. The molecule has 0 aromatic heterocycles. The average molecular weight is 276 g/mol. The van der Waals surface area contributed by atoms with Gasteiger partial charge in [-0.15, -0.1) is 0 Å². The number of likely N-dealkylation sites (tertiary alicyclic amines) is 1. The number of rotatable bonds is 3. The molecule has 108 valence electrons. The molecule has 0 atom stereocenters. The minimum Gasteiger partial charge on any atom is -0.454 e. The SMILES string of the molecule is CN1CCC(C(=O)NCc2ccc3c(c2)OCO3)CC1. The van der Waals surface area contributed by atoms with E-state index in [0.29, 0.717) is 6.54 Å². The Labute approximate surface area is 118 Å². The molecule has 0 saturated carbocycles. The summed E-state index contributed by atoms with van der Waals surface area (Å²) in [6.45, 7) is 2.83. The summed E-state index contributed by atoms with van der Waals surface area (Å²) in [6.07, 6.45) is 1.90. The van der Waals surface area contributed by atoms with E-state index in [9.17, 15) is 4.79 Å². The zero-order valence-corrected chi connectivity index (χ0v) is 11.7. The summed E-state index contributed by atoms with van der Waals surface area (Å²) in [6, 6.07) is 5.78. The van der Waals surface area contributed by atoms with Gasteiger partial charge in [0.05, 0.1) is 0 Å². The molecular formula is C15H20N2O3. The first-order valence-corrected chi connectivity index (χ1v) is 7.07. The summed E-state index contributed by atoms with van der Waals surface area (Å²) in [4.78, 5) is 14.4. The molecule has 0 unspecified atom stereocenters. The van der Waals surface area contributed by atoms with Crippen molar-refractivity contribution in [1.29, 1.82) is 0 Å². The molecule has 0 aliphatic carbocycles. The van der Waals surface area contributed by atoms with Crippen LogP contribution in [0.5, 0.6) is 11.5 Å². The van der Waals surface area contributed by atoms with Gasteiger partial charge >= 0.3 is 0 Å². The number of hydrogen-bond acceptors (Lipinski definition) is 4. The average Bonchev–Trinajstić information content (AvgIpc) is 2.93. The highest BCUT2D eigenvalue weighted by Crippen LogP contribution is 2.32. The predicted octanol–water partition coefficient (Wildman–Crippen LogP) is 1.37. The van der Waals surface area contributed by atoms with E-state index < -0.39 is 0 Å². The van der Waals surface area contributed by atoms with Gasteiger partial charge in [-0.05, 0) is 50.7 Å². The van der Waals surface area contributed by atoms with Gasteiger partial charge in [0, 0.05) is 12.5 Å². The first-order valence-electron chi connectivity index (χ1n) is 7.07. The lowest BCUT2D eigenvalue weighted by Gasteiger charge is -2.28. The first-order chi connectivity index (χ1) is 9.72. The number of carbonyl (C=O) groups excluding carboxylic acids is 1. The maximum atomic E-state index is 12.1. The lowest BCUT2D eigenvalue weighted by molar-refractivity contribution is -0.126. The van der Waals surface area contributed by atoms with Gasteiger partial charge in [-0.25, -0.2) is 0 Å². The van der Waals surface area contributed by atoms with Gasteiger partial charge in [0.25, 0.3) is 0 Å². The lowest BCUT2D eigenvalue weighted by atomic mass is 9.96. The van der Waals surface area contributed by atoms with E-state index in [0.717, 1.165) is 43.0 Å². The smallest absolute Gasteiger partial charge is 0.231 e. The highest BCUT2D eigenvalue weighted by atomic mass is 16.7. The highest BCUT2D eigenvalue weighted by Gasteiger charge is 2.23. The molecular weight excluding hydrogens is 256 g/mol. The summed E-state index contributed by atoms with van der Waals surface area (Å²) >= 11 is 0. The number of nitrogens with one attached hydrogen (secondary N) is 1. The van der Waals surface area contributed by atoms with Gasteiger partial charge in [0.2, 0.25) is 12.7 Å². The molecule has 1 fully saturated rings. The highest BCUT2D eigenvalue weighted by molar-refractivity contribution is 5.78. The predicted molar refractivity (Wildman–Crippen MR) is 74.6 cm³/mol. The van der Waals surface area contributed by atoms with Crippen LogP contribution in [0.2, 0.25) is 0 Å². The van der Waals surface area contributed by atoms with Crippen molar-refractivity contribution in [3.05, 3.63) is 23.8 Å². The maximum Gasteiger partial charge on any atom is 0.231 e. The monoisotopic (exact) mass is 276 g/mol. The molecule has 1 aromatic carbocycles. The Kier molecular flexibility index (Phi) is 3.78. The molecule has 5 nitrogen and oxygen atoms in total. The Morgan fingerprint density at radius 1 is 1.30 bits per heavy atom. The molecule has 2 heterocycles. The summed E-state index contributed by atoms with van der Waals surface area (Å²) in [7, 11) is 2.10. The van der Waals surface area contributed by atoms with E-state index in [4.69, 9.17) is 9.47 Å². The van der Waals surface area contributed by atoms with Crippen LogP contribution in [0.1, 0.15) is 18.4 Å². The summed E-state index contributed by atoms with van der Waals surface area (Å²) in [5.41, 5.74) is 1.04. The summed E-state index contributed by atoms with van der Waals surface area (Å²) in [5.74, 6) is 1.85. The number of fused-ring (bicyclic) bond motifs is 1. The van der Waals surface area contributed by atoms with Crippen molar-refractivity contribution < 1.29 is 14.3 Å². The fraction of sp³-hybridized carbons (Fsp3) is 0.533. The van der Waals surface area contributed by atoms with E-state index in [1.807, 2.05) is 18.2 Å². The van der Waals surface area contributed by atoms with E-state index >= 15 is 0 Å². The Balaban J connectivity index is 1.53. The molecule has 0 bridgehead atoms. The van der Waals surface area contributed by atoms with Crippen LogP contribution in [0.3, 0.4) is 0 Å². The van der Waals surface area contributed by atoms with Gasteiger partial charge in [-0.2, -0.15) is 0 Å². The molecule has 2 aliphatic heterocycles. The zero-order chi connectivity index (χ0) is 13.9. The van der Waals surface area contributed by atoms with E-state index in [-0.39, 0.29) is 18.6 Å². The molecule has 5 heteroatoms. The molecule has 1 aromatic rings. The van der Waals surface area contributed by atoms with Crippen LogP contribution in [0, 0.1) is 5.92 Å². The molecule has 1 N–H and O–H groups in total. The fourth-order valence-corrected chi connectivity index (χ4v) is 2.66. The number of hydrogen-bond donors (Lipinski definition) is 1. The van der Waals surface area contributed by atoms with Crippen molar-refractivity contribution in [2.75, 3.05) is 26.9 Å². The van der Waals surface area contributed by atoms with Crippen molar-refractivity contribution in [2.45, 2.75) is 19.4 Å². The fourth-order valence-electron chi connectivity index (χ4n) is 2.66. The Bertz CT molecular complexity index is 496. The second-order valence-corrected chi connectivity index (χ2v) is 5.48. The third-order valence-electron chi connectivity index (χ3n) is 3.99. The number of amides is 1. The minimum absolute atomic E-state index is 0.153. The van der Waals surface area contributed by atoms with Crippen molar-refractivity contribution in [1.82, 2.24) is 10.2 Å². The van der Waals surface area contributed by atoms with Gasteiger partial charge in [-0.1, -0.05) is 6.07 Å². The zero-order valence-electron chi connectivity index (χ0n) is 11.7. The molecule has 1 amide bonds. The van der Waals surface area contributed by atoms with Crippen LogP contribution in [0.4, 0.5) is 0 Å². The van der Waals surface area contributed by atoms with E-state index in [1.54, 1.807) is 0 Å². The second kappa shape index (κ2) is 5.71. The van der Waals surface area contributed by atoms with Crippen LogP contribution < -0.4 is 14.8 Å². The molecule has 0 spiro atoms. The van der Waals surface area contributed by atoms with Gasteiger partial charge < -0.3 is 19.7 Å².